The molecule has 0 radical (unpaired) electrons. The lowest BCUT2D eigenvalue weighted by atomic mass is 10.2. The van der Waals surface area contributed by atoms with E-state index in [1.807, 2.05) is 0 Å². The quantitative estimate of drug-likeness (QED) is 0.654. The third-order valence-corrected chi connectivity index (χ3v) is 4.89. The molecule has 3 aromatic rings. The molecule has 0 aliphatic carbocycles. The summed E-state index contributed by atoms with van der Waals surface area (Å²) in [6.45, 7) is 0. The van der Waals surface area contributed by atoms with E-state index >= 15 is 0 Å². The number of aromatic carboxylic acids is 1. The summed E-state index contributed by atoms with van der Waals surface area (Å²) < 4.78 is 28.6. The van der Waals surface area contributed by atoms with Gasteiger partial charge in [-0.25, -0.2) is 17.9 Å². The molecule has 3 rings (SSSR count). The molecule has 1 aromatic heterocycles. The first-order valence-electron chi connectivity index (χ1n) is 7.69. The minimum Gasteiger partial charge on any atom is -0.476 e. The Morgan fingerprint density at radius 3 is 2.52 bits per heavy atom. The highest BCUT2D eigenvalue weighted by Gasteiger charge is 2.13. The zero-order valence-corrected chi connectivity index (χ0v) is 15.4. The highest BCUT2D eigenvalue weighted by atomic mass is 35.5. The normalized spacial score (nSPS) is 11.6. The van der Waals surface area contributed by atoms with E-state index in [0.29, 0.717) is 16.3 Å². The Hall–Kier alpha value is -3.10. The van der Waals surface area contributed by atoms with Gasteiger partial charge in [-0.05, 0) is 35.9 Å². The van der Waals surface area contributed by atoms with Crippen LogP contribution in [0.1, 0.15) is 16.1 Å². The number of hydrogen-bond acceptors (Lipinski definition) is 4. The summed E-state index contributed by atoms with van der Waals surface area (Å²) in [5.41, 5.74) is 1.06. The molecule has 0 spiro atoms. The molecule has 0 bridgehead atoms. The van der Waals surface area contributed by atoms with Crippen molar-refractivity contribution in [3.8, 4) is 5.69 Å². The summed E-state index contributed by atoms with van der Waals surface area (Å²) in [5, 5.41) is 14.4. The minimum atomic E-state index is -3.84. The van der Waals surface area contributed by atoms with Crippen molar-refractivity contribution in [1.82, 2.24) is 9.78 Å². The number of carbonyl (C=O) groups is 1. The van der Waals surface area contributed by atoms with Gasteiger partial charge in [-0.2, -0.15) is 5.10 Å². The van der Waals surface area contributed by atoms with Crippen LogP contribution in [0, 0.1) is 0 Å². The maximum atomic E-state index is 12.4. The van der Waals surface area contributed by atoms with E-state index in [1.54, 1.807) is 48.5 Å². The molecule has 9 heteroatoms. The summed E-state index contributed by atoms with van der Waals surface area (Å²) in [6, 6.07) is 14.7. The van der Waals surface area contributed by atoms with Crippen LogP contribution in [0.5, 0.6) is 0 Å². The monoisotopic (exact) mass is 403 g/mol. The lowest BCUT2D eigenvalue weighted by Gasteiger charge is -2.10. The molecule has 0 saturated heterocycles. The zero-order chi connectivity index (χ0) is 19.4. The maximum Gasteiger partial charge on any atom is 0.356 e. The number of carboxylic acid groups (broad SMARTS) is 1. The molecule has 0 amide bonds. The molecular weight excluding hydrogens is 390 g/mol. The average Bonchev–Trinajstić information content (AvgIpc) is 3.11. The number of rotatable bonds is 6. The van der Waals surface area contributed by atoms with Crippen molar-refractivity contribution in [3.05, 3.63) is 82.5 Å². The van der Waals surface area contributed by atoms with Gasteiger partial charge in [0, 0.05) is 11.2 Å². The molecule has 0 aliphatic rings. The van der Waals surface area contributed by atoms with Crippen molar-refractivity contribution >= 4 is 39.4 Å². The predicted molar refractivity (Wildman–Crippen MR) is 104 cm³/mol. The van der Waals surface area contributed by atoms with Crippen molar-refractivity contribution in [2.45, 2.75) is 0 Å². The summed E-state index contributed by atoms with van der Waals surface area (Å²) in [5.74, 6) is -1.17. The first-order chi connectivity index (χ1) is 12.9. The van der Waals surface area contributed by atoms with Crippen LogP contribution in [0.3, 0.4) is 0 Å². The fraction of sp³-hybridized carbons (Fsp3) is 0. The molecule has 2 aromatic carbocycles. The Balaban J connectivity index is 1.89. The molecule has 0 unspecified atom stereocenters. The second kappa shape index (κ2) is 7.65. The fourth-order valence-corrected chi connectivity index (χ4v) is 3.36. The van der Waals surface area contributed by atoms with E-state index in [9.17, 15) is 13.2 Å². The van der Waals surface area contributed by atoms with Crippen molar-refractivity contribution < 1.29 is 18.3 Å². The highest BCUT2D eigenvalue weighted by Crippen LogP contribution is 2.22. The molecule has 0 aliphatic heterocycles. The molecule has 2 N–H and O–H groups in total. The molecule has 7 nitrogen and oxygen atoms in total. The number of halogens is 1. The lowest BCUT2D eigenvalue weighted by Crippen LogP contribution is -2.12. The number of nitrogens with zero attached hydrogens (tertiary/aromatic N) is 2. The van der Waals surface area contributed by atoms with Gasteiger partial charge in [-0.1, -0.05) is 41.9 Å². The predicted octanol–water partition coefficient (Wildman–Crippen LogP) is 3.64. The van der Waals surface area contributed by atoms with E-state index in [2.05, 4.69) is 9.82 Å². The Morgan fingerprint density at radius 1 is 1.11 bits per heavy atom. The van der Waals surface area contributed by atoms with Gasteiger partial charge in [0.15, 0.2) is 5.69 Å². The van der Waals surface area contributed by atoms with Crippen molar-refractivity contribution in [2.75, 3.05) is 4.72 Å². The van der Waals surface area contributed by atoms with Crippen molar-refractivity contribution in [2.24, 2.45) is 0 Å². The van der Waals surface area contributed by atoms with Crippen LogP contribution in [0.25, 0.3) is 11.8 Å². The second-order valence-electron chi connectivity index (χ2n) is 5.44. The van der Waals surface area contributed by atoms with Crippen LogP contribution in [0.15, 0.2) is 66.2 Å². The van der Waals surface area contributed by atoms with Crippen LogP contribution in [-0.4, -0.2) is 29.3 Å². The van der Waals surface area contributed by atoms with E-state index in [4.69, 9.17) is 16.7 Å². The first kappa shape index (κ1) is 18.7. The number of aromatic nitrogens is 2. The highest BCUT2D eigenvalue weighted by molar-refractivity contribution is 7.95. The van der Waals surface area contributed by atoms with Gasteiger partial charge in [0.25, 0.3) is 10.0 Å². The number of para-hydroxylation sites is 2. The molecule has 1 heterocycles. The molecule has 0 fully saturated rings. The van der Waals surface area contributed by atoms with E-state index in [-0.39, 0.29) is 11.4 Å². The molecule has 27 heavy (non-hydrogen) atoms. The number of carboxylic acids is 1. The van der Waals surface area contributed by atoms with Gasteiger partial charge >= 0.3 is 5.97 Å². The fourth-order valence-electron chi connectivity index (χ4n) is 2.29. The van der Waals surface area contributed by atoms with Gasteiger partial charge < -0.3 is 5.11 Å². The number of anilines is 1. The van der Waals surface area contributed by atoms with Crippen LogP contribution >= 0.6 is 11.6 Å². The molecule has 0 atom stereocenters. The Kier molecular flexibility index (Phi) is 5.29. The van der Waals surface area contributed by atoms with Crippen LogP contribution in [-0.2, 0) is 10.0 Å². The van der Waals surface area contributed by atoms with Crippen LogP contribution in [0.4, 0.5) is 5.69 Å². The van der Waals surface area contributed by atoms with Gasteiger partial charge in [-0.15, -0.1) is 0 Å². The third kappa shape index (κ3) is 4.55. The average molecular weight is 404 g/mol. The molecular formula is C18H14ClN3O4S. The zero-order valence-electron chi connectivity index (χ0n) is 13.8. The first-order valence-corrected chi connectivity index (χ1v) is 9.62. The van der Waals surface area contributed by atoms with Crippen molar-refractivity contribution in [1.29, 1.82) is 0 Å². The second-order valence-corrected chi connectivity index (χ2v) is 7.41. The van der Waals surface area contributed by atoms with Gasteiger partial charge in [0.2, 0.25) is 0 Å². The van der Waals surface area contributed by atoms with E-state index in [0.717, 1.165) is 5.41 Å². The number of benzene rings is 2. The number of sulfonamides is 1. The third-order valence-electron chi connectivity index (χ3n) is 3.54. The lowest BCUT2D eigenvalue weighted by molar-refractivity contribution is 0.0690. The van der Waals surface area contributed by atoms with E-state index in [1.165, 1.54) is 23.0 Å². The Morgan fingerprint density at radius 2 is 1.81 bits per heavy atom. The number of nitrogens with one attached hydrogen (secondary N) is 1. The summed E-state index contributed by atoms with van der Waals surface area (Å²) >= 11 is 6.02. The van der Waals surface area contributed by atoms with Crippen LogP contribution in [0.2, 0.25) is 5.02 Å². The molecule has 138 valence electrons. The van der Waals surface area contributed by atoms with Gasteiger partial charge in [0.05, 0.1) is 16.8 Å². The van der Waals surface area contributed by atoms with E-state index < -0.39 is 16.0 Å². The molecule has 0 saturated carbocycles. The largest absolute Gasteiger partial charge is 0.476 e. The summed E-state index contributed by atoms with van der Waals surface area (Å²) in [4.78, 5) is 11.0. The smallest absolute Gasteiger partial charge is 0.356 e. The maximum absolute atomic E-state index is 12.4. The standard InChI is InChI=1S/C18H14ClN3O4S/c19-14-6-2-1-5-13(14)10-12-27(25,26)21-15-7-3-4-8-17(15)22-11-9-16(20-22)18(23)24/h1-12,21H,(H,23,24)/b12-10+. The SMILES string of the molecule is O=C(O)c1ccn(-c2ccccc2NS(=O)(=O)/C=C/c2ccccc2Cl)n1. The van der Waals surface area contributed by atoms with Gasteiger partial charge in [-0.3, -0.25) is 4.72 Å². The summed E-state index contributed by atoms with van der Waals surface area (Å²) in [6.07, 6.45) is 2.83. The Bertz CT molecular complexity index is 1120. The van der Waals surface area contributed by atoms with Gasteiger partial charge in [0.1, 0.15) is 0 Å². The van der Waals surface area contributed by atoms with Crippen molar-refractivity contribution in [3.63, 3.8) is 0 Å². The Labute approximate surface area is 160 Å². The summed E-state index contributed by atoms with van der Waals surface area (Å²) in [7, 11) is -3.84. The number of hydrogen-bond donors (Lipinski definition) is 2. The van der Waals surface area contributed by atoms with Crippen LogP contribution < -0.4 is 4.72 Å². The minimum absolute atomic E-state index is 0.147. The topological polar surface area (TPSA) is 101 Å².